The van der Waals surface area contributed by atoms with E-state index in [1.54, 1.807) is 0 Å². The molecule has 0 bridgehead atoms. The van der Waals surface area contributed by atoms with Gasteiger partial charge in [0.15, 0.2) is 11.6 Å². The van der Waals surface area contributed by atoms with Crippen molar-refractivity contribution in [2.24, 2.45) is 0 Å². The summed E-state index contributed by atoms with van der Waals surface area (Å²) >= 11 is 0. The fourth-order valence-corrected chi connectivity index (χ4v) is 3.71. The molecule has 4 rings (SSSR count). The quantitative estimate of drug-likeness (QED) is 0.228. The Hall–Kier alpha value is -4.02. The first-order valence-electron chi connectivity index (χ1n) is 10.7. The summed E-state index contributed by atoms with van der Waals surface area (Å²) in [5, 5.41) is 0. The first-order valence-corrected chi connectivity index (χ1v) is 10.7. The van der Waals surface area contributed by atoms with Crippen LogP contribution in [0.1, 0.15) is 16.7 Å². The van der Waals surface area contributed by atoms with Crippen LogP contribution in [0.5, 0.6) is 5.75 Å². The van der Waals surface area contributed by atoms with Crippen LogP contribution in [-0.4, -0.2) is 0 Å². The molecule has 0 unspecified atom stereocenters. The predicted molar refractivity (Wildman–Crippen MR) is 118 cm³/mol. The van der Waals surface area contributed by atoms with Gasteiger partial charge in [0.1, 0.15) is 28.8 Å². The molecule has 0 aromatic heterocycles. The number of aryl methyl sites for hydroxylation is 1. The van der Waals surface area contributed by atoms with Gasteiger partial charge in [-0.05, 0) is 60.0 Å². The number of alkyl halides is 5. The minimum absolute atomic E-state index is 0.0645. The average molecular weight is 544 g/mol. The molecule has 4 aromatic rings. The van der Waals surface area contributed by atoms with E-state index in [1.807, 2.05) is 0 Å². The second-order valence-corrected chi connectivity index (χ2v) is 8.21. The maximum atomic E-state index is 14.7. The number of hydrogen-bond acceptors (Lipinski definition) is 1. The summed E-state index contributed by atoms with van der Waals surface area (Å²) in [6.07, 6.45) is -9.35. The molecule has 0 saturated carbocycles. The Morgan fingerprint density at radius 3 is 1.71 bits per heavy atom. The molecule has 0 saturated heterocycles. The molecule has 198 valence electrons. The predicted octanol–water partition coefficient (Wildman–Crippen LogP) is 9.17. The van der Waals surface area contributed by atoms with Crippen LogP contribution in [0.3, 0.4) is 0 Å². The number of ether oxygens (including phenoxy) is 1. The van der Waals surface area contributed by atoms with Gasteiger partial charge in [0.25, 0.3) is 0 Å². The third-order valence-corrected chi connectivity index (χ3v) is 5.63. The third kappa shape index (κ3) is 5.18. The van der Waals surface area contributed by atoms with Crippen molar-refractivity contribution in [3.8, 4) is 28.0 Å². The molecule has 11 heteroatoms. The van der Waals surface area contributed by atoms with Crippen molar-refractivity contribution in [3.63, 3.8) is 0 Å². The number of rotatable bonds is 5. The molecule has 0 aliphatic rings. The first-order chi connectivity index (χ1) is 17.7. The summed E-state index contributed by atoms with van der Waals surface area (Å²) in [4.78, 5) is 0. The molecule has 0 aliphatic heterocycles. The summed E-state index contributed by atoms with van der Waals surface area (Å²) in [7, 11) is 0. The maximum absolute atomic E-state index is 14.7. The Kier molecular flexibility index (Phi) is 6.90. The van der Waals surface area contributed by atoms with E-state index in [1.165, 1.54) is 19.1 Å². The summed E-state index contributed by atoms with van der Waals surface area (Å²) in [5.74, 6) is -8.19. The SMILES string of the molecule is Cc1ccc(-c2ccc(C(F)(F)Oc3ccc(-c4cc(F)c(C(F)(F)F)c(F)c4)c(F)c3)cc2)c(F)c1F. The van der Waals surface area contributed by atoms with Gasteiger partial charge in [-0.3, -0.25) is 0 Å². The molecule has 1 nitrogen and oxygen atoms in total. The average Bonchev–Trinajstić information content (AvgIpc) is 2.81. The highest BCUT2D eigenvalue weighted by atomic mass is 19.4. The molecule has 0 aliphatic carbocycles. The van der Waals surface area contributed by atoms with Crippen molar-refractivity contribution in [2.45, 2.75) is 19.2 Å². The van der Waals surface area contributed by atoms with E-state index < -0.39 is 69.4 Å². The van der Waals surface area contributed by atoms with E-state index in [9.17, 15) is 43.9 Å². The van der Waals surface area contributed by atoms with E-state index in [0.29, 0.717) is 6.07 Å². The summed E-state index contributed by atoms with van der Waals surface area (Å²) in [5.41, 5.74) is -4.02. The van der Waals surface area contributed by atoms with Gasteiger partial charge in [-0.2, -0.15) is 22.0 Å². The zero-order valence-corrected chi connectivity index (χ0v) is 19.0. The molecule has 0 radical (unpaired) electrons. The van der Waals surface area contributed by atoms with Crippen LogP contribution in [0, 0.1) is 36.0 Å². The number of benzene rings is 4. The normalized spacial score (nSPS) is 12.1. The zero-order chi connectivity index (χ0) is 28.0. The third-order valence-electron chi connectivity index (χ3n) is 5.63. The van der Waals surface area contributed by atoms with Gasteiger partial charge in [-0.25, -0.2) is 22.0 Å². The fraction of sp³-hybridized carbons (Fsp3) is 0.111. The molecule has 0 atom stereocenters. The number of halogens is 10. The maximum Gasteiger partial charge on any atom is 0.426 e. The second-order valence-electron chi connectivity index (χ2n) is 8.21. The Labute approximate surface area is 208 Å². The lowest BCUT2D eigenvalue weighted by atomic mass is 10.0. The van der Waals surface area contributed by atoms with E-state index in [0.717, 1.165) is 36.4 Å². The Balaban J connectivity index is 1.58. The second kappa shape index (κ2) is 9.70. The van der Waals surface area contributed by atoms with Crippen molar-refractivity contribution >= 4 is 0 Å². The standard InChI is InChI=1S/C27H14F10O/c1-13-2-8-19(25(32)24(13)31)14-3-5-16(6-4-14)27(36,37)38-17-7-9-18(20(28)12-17)15-10-21(29)23(22(30)11-15)26(33,34)35/h2-12H,1H3. The summed E-state index contributed by atoms with van der Waals surface area (Å²) < 4.78 is 143. The van der Waals surface area contributed by atoms with Gasteiger partial charge < -0.3 is 4.74 Å². The van der Waals surface area contributed by atoms with Gasteiger partial charge in [0.2, 0.25) is 0 Å². The lowest BCUT2D eigenvalue weighted by Crippen LogP contribution is -2.21. The largest absolute Gasteiger partial charge is 0.429 e. The molecule has 0 fully saturated rings. The van der Waals surface area contributed by atoms with Gasteiger partial charge >= 0.3 is 12.3 Å². The highest BCUT2D eigenvalue weighted by molar-refractivity contribution is 5.66. The van der Waals surface area contributed by atoms with Crippen LogP contribution < -0.4 is 4.74 Å². The van der Waals surface area contributed by atoms with Crippen molar-refractivity contribution < 1.29 is 48.6 Å². The van der Waals surface area contributed by atoms with Crippen molar-refractivity contribution in [1.29, 1.82) is 0 Å². The monoisotopic (exact) mass is 544 g/mol. The topological polar surface area (TPSA) is 9.23 Å². The summed E-state index contributed by atoms with van der Waals surface area (Å²) in [6.45, 7) is 1.36. The molecular formula is C27H14F10O. The first kappa shape index (κ1) is 27.0. The smallest absolute Gasteiger partial charge is 0.426 e. The Bertz CT molecular complexity index is 1490. The van der Waals surface area contributed by atoms with E-state index in [2.05, 4.69) is 4.74 Å². The van der Waals surface area contributed by atoms with Crippen molar-refractivity contribution in [1.82, 2.24) is 0 Å². The van der Waals surface area contributed by atoms with E-state index in [4.69, 9.17) is 0 Å². The highest BCUT2D eigenvalue weighted by Gasteiger charge is 2.38. The lowest BCUT2D eigenvalue weighted by Gasteiger charge is -2.19. The molecule has 0 N–H and O–H groups in total. The minimum Gasteiger partial charge on any atom is -0.429 e. The summed E-state index contributed by atoms with van der Waals surface area (Å²) in [6, 6.07) is 9.26. The number of hydrogen-bond donors (Lipinski definition) is 0. The van der Waals surface area contributed by atoms with Crippen LogP contribution in [-0.2, 0) is 12.3 Å². The van der Waals surface area contributed by atoms with Crippen molar-refractivity contribution in [3.05, 3.63) is 113 Å². The fourth-order valence-electron chi connectivity index (χ4n) is 3.71. The van der Waals surface area contributed by atoms with E-state index in [-0.39, 0.29) is 28.8 Å². The molecule has 4 aromatic carbocycles. The van der Waals surface area contributed by atoms with Gasteiger partial charge in [0.05, 0.1) is 5.56 Å². The lowest BCUT2D eigenvalue weighted by molar-refractivity contribution is -0.185. The van der Waals surface area contributed by atoms with Gasteiger partial charge in [-0.15, -0.1) is 0 Å². The molecular weight excluding hydrogens is 530 g/mol. The van der Waals surface area contributed by atoms with Crippen molar-refractivity contribution in [2.75, 3.05) is 0 Å². The van der Waals surface area contributed by atoms with Gasteiger partial charge in [0, 0.05) is 17.2 Å². The van der Waals surface area contributed by atoms with Crippen LogP contribution in [0.25, 0.3) is 22.3 Å². The van der Waals surface area contributed by atoms with Crippen LogP contribution in [0.4, 0.5) is 43.9 Å². The Morgan fingerprint density at radius 1 is 0.579 bits per heavy atom. The molecule has 0 spiro atoms. The molecule has 0 heterocycles. The highest BCUT2D eigenvalue weighted by Crippen LogP contribution is 2.38. The van der Waals surface area contributed by atoms with Crippen LogP contribution in [0.2, 0.25) is 0 Å². The molecule has 38 heavy (non-hydrogen) atoms. The van der Waals surface area contributed by atoms with E-state index >= 15 is 0 Å². The van der Waals surface area contributed by atoms with Crippen LogP contribution in [0.15, 0.2) is 66.7 Å². The van der Waals surface area contributed by atoms with Crippen LogP contribution >= 0.6 is 0 Å². The molecule has 0 amide bonds. The Morgan fingerprint density at radius 2 is 1.16 bits per heavy atom. The zero-order valence-electron chi connectivity index (χ0n) is 19.0. The van der Waals surface area contributed by atoms with Gasteiger partial charge in [-0.1, -0.05) is 24.3 Å². The minimum atomic E-state index is -5.32.